The van der Waals surface area contributed by atoms with Gasteiger partial charge in [-0.2, -0.15) is 0 Å². The molecule has 3 aliphatic rings. The minimum Gasteiger partial charge on any atom is -0.339 e. The van der Waals surface area contributed by atoms with E-state index in [4.69, 9.17) is 0 Å². The molecule has 0 bridgehead atoms. The molecule has 3 atom stereocenters. The van der Waals surface area contributed by atoms with E-state index in [1.807, 2.05) is 0 Å². The van der Waals surface area contributed by atoms with Gasteiger partial charge in [0, 0.05) is 25.0 Å². The van der Waals surface area contributed by atoms with E-state index in [0.29, 0.717) is 18.0 Å². The summed E-state index contributed by atoms with van der Waals surface area (Å²) in [6.45, 7) is 2.18. The van der Waals surface area contributed by atoms with Gasteiger partial charge in [0.25, 0.3) is 0 Å². The van der Waals surface area contributed by atoms with Crippen molar-refractivity contribution in [3.05, 3.63) is 0 Å². The summed E-state index contributed by atoms with van der Waals surface area (Å²) >= 11 is 0. The van der Waals surface area contributed by atoms with Crippen LogP contribution in [0.25, 0.3) is 0 Å². The minimum absolute atomic E-state index is 0.432. The van der Waals surface area contributed by atoms with E-state index in [2.05, 4.69) is 10.2 Å². The number of fused-ring (bicyclic) bond motifs is 1. The van der Waals surface area contributed by atoms with Gasteiger partial charge in [0.15, 0.2) is 0 Å². The maximum absolute atomic E-state index is 12.4. The van der Waals surface area contributed by atoms with Crippen LogP contribution in [0, 0.1) is 5.92 Å². The van der Waals surface area contributed by atoms with Crippen molar-refractivity contribution < 1.29 is 4.79 Å². The van der Waals surface area contributed by atoms with Gasteiger partial charge in [-0.05, 0) is 51.0 Å². The minimum atomic E-state index is 0.432. The lowest BCUT2D eigenvalue weighted by Crippen LogP contribution is -2.40. The van der Waals surface area contributed by atoms with Gasteiger partial charge >= 0.3 is 0 Å². The van der Waals surface area contributed by atoms with Crippen LogP contribution in [-0.2, 0) is 4.79 Å². The highest BCUT2D eigenvalue weighted by Gasteiger charge is 2.37. The highest BCUT2D eigenvalue weighted by molar-refractivity contribution is 5.77. The van der Waals surface area contributed by atoms with Crippen molar-refractivity contribution in [3.8, 4) is 0 Å². The fraction of sp³-hybridized carbons (Fsp3) is 0.938. The number of nitrogens with one attached hydrogen (secondary N) is 1. The first-order valence-electron chi connectivity index (χ1n) is 8.37. The average Bonchev–Trinajstić information content (AvgIpc) is 2.90. The van der Waals surface area contributed by atoms with Crippen LogP contribution in [0.4, 0.5) is 0 Å². The Morgan fingerprint density at radius 2 is 1.89 bits per heavy atom. The smallest absolute Gasteiger partial charge is 0.222 e. The van der Waals surface area contributed by atoms with E-state index in [1.54, 1.807) is 0 Å². The molecule has 2 saturated heterocycles. The molecule has 108 valence electrons. The molecule has 3 nitrogen and oxygen atoms in total. The Kier molecular flexibility index (Phi) is 4.42. The molecule has 2 aliphatic heterocycles. The van der Waals surface area contributed by atoms with Crippen molar-refractivity contribution in [1.82, 2.24) is 10.2 Å². The van der Waals surface area contributed by atoms with E-state index in [0.717, 1.165) is 31.8 Å². The third-order valence-corrected chi connectivity index (χ3v) is 5.45. The van der Waals surface area contributed by atoms with Gasteiger partial charge in [0.2, 0.25) is 5.91 Å². The van der Waals surface area contributed by atoms with Crippen LogP contribution in [0.15, 0.2) is 0 Å². The Morgan fingerprint density at radius 1 is 1.05 bits per heavy atom. The number of carbonyl (C=O) groups is 1. The molecule has 3 rings (SSSR count). The molecule has 1 aliphatic carbocycles. The summed E-state index contributed by atoms with van der Waals surface area (Å²) < 4.78 is 0. The number of hydrogen-bond donors (Lipinski definition) is 1. The van der Waals surface area contributed by atoms with Crippen LogP contribution in [0.2, 0.25) is 0 Å². The molecule has 0 spiro atoms. The van der Waals surface area contributed by atoms with Gasteiger partial charge in [0.1, 0.15) is 0 Å². The SMILES string of the molecule is O=C(CCC1CCCCN1)N1CCC2CCCCC21. The van der Waals surface area contributed by atoms with Crippen molar-refractivity contribution in [2.45, 2.75) is 76.3 Å². The predicted octanol–water partition coefficient (Wildman–Crippen LogP) is 2.70. The van der Waals surface area contributed by atoms with Gasteiger partial charge < -0.3 is 10.2 Å². The normalized spacial score (nSPS) is 35.2. The highest BCUT2D eigenvalue weighted by Crippen LogP contribution is 2.36. The Bertz CT molecular complexity index is 312. The number of carbonyl (C=O) groups excluding carboxylic acids is 1. The summed E-state index contributed by atoms with van der Waals surface area (Å²) in [7, 11) is 0. The molecule has 3 unspecified atom stereocenters. The maximum Gasteiger partial charge on any atom is 0.222 e. The summed E-state index contributed by atoms with van der Waals surface area (Å²) in [5, 5.41) is 3.55. The fourth-order valence-corrected chi connectivity index (χ4v) is 4.33. The van der Waals surface area contributed by atoms with Gasteiger partial charge in [-0.25, -0.2) is 0 Å². The summed E-state index contributed by atoms with van der Waals surface area (Å²) in [6, 6.07) is 1.20. The van der Waals surface area contributed by atoms with Gasteiger partial charge in [-0.15, -0.1) is 0 Å². The monoisotopic (exact) mass is 264 g/mol. The number of rotatable bonds is 3. The van der Waals surface area contributed by atoms with E-state index in [-0.39, 0.29) is 0 Å². The third kappa shape index (κ3) is 3.13. The lowest BCUT2D eigenvalue weighted by molar-refractivity contribution is -0.133. The first-order valence-corrected chi connectivity index (χ1v) is 8.37. The molecule has 19 heavy (non-hydrogen) atoms. The van der Waals surface area contributed by atoms with Crippen LogP contribution in [0.5, 0.6) is 0 Å². The summed E-state index contributed by atoms with van der Waals surface area (Å²) in [5.74, 6) is 1.26. The van der Waals surface area contributed by atoms with Crippen LogP contribution in [-0.4, -0.2) is 36.0 Å². The summed E-state index contributed by atoms with van der Waals surface area (Å²) in [6.07, 6.45) is 12.3. The quantitative estimate of drug-likeness (QED) is 0.850. The zero-order valence-corrected chi connectivity index (χ0v) is 12.1. The number of likely N-dealkylation sites (tertiary alicyclic amines) is 1. The second kappa shape index (κ2) is 6.25. The zero-order valence-electron chi connectivity index (χ0n) is 12.1. The molecule has 0 aromatic carbocycles. The Balaban J connectivity index is 1.47. The standard InChI is InChI=1S/C16H28N2O/c19-16(9-8-14-6-3-4-11-17-14)18-12-10-13-5-1-2-7-15(13)18/h13-15,17H,1-12H2. The molecule has 0 aromatic rings. The Labute approximate surface area is 117 Å². The Hall–Kier alpha value is -0.570. The largest absolute Gasteiger partial charge is 0.339 e. The fourth-order valence-electron chi connectivity index (χ4n) is 4.33. The Morgan fingerprint density at radius 3 is 2.74 bits per heavy atom. The zero-order chi connectivity index (χ0) is 13.1. The van der Waals surface area contributed by atoms with Crippen LogP contribution in [0.1, 0.15) is 64.2 Å². The number of hydrogen-bond acceptors (Lipinski definition) is 2. The van der Waals surface area contributed by atoms with Crippen molar-refractivity contribution in [2.75, 3.05) is 13.1 Å². The second-order valence-electron chi connectivity index (χ2n) is 6.67. The van der Waals surface area contributed by atoms with E-state index >= 15 is 0 Å². The lowest BCUT2D eigenvalue weighted by Gasteiger charge is -2.32. The van der Waals surface area contributed by atoms with Crippen LogP contribution >= 0.6 is 0 Å². The molecule has 1 N–H and O–H groups in total. The first-order chi connectivity index (χ1) is 9.34. The predicted molar refractivity (Wildman–Crippen MR) is 77.0 cm³/mol. The molecule has 0 radical (unpaired) electrons. The first kappa shape index (κ1) is 13.4. The van der Waals surface area contributed by atoms with E-state index in [9.17, 15) is 4.79 Å². The van der Waals surface area contributed by atoms with Crippen molar-refractivity contribution in [3.63, 3.8) is 0 Å². The van der Waals surface area contributed by atoms with E-state index in [1.165, 1.54) is 51.4 Å². The van der Waals surface area contributed by atoms with Crippen molar-refractivity contribution >= 4 is 5.91 Å². The van der Waals surface area contributed by atoms with Gasteiger partial charge in [-0.1, -0.05) is 19.3 Å². The molecular formula is C16H28N2O. The van der Waals surface area contributed by atoms with Gasteiger partial charge in [0.05, 0.1) is 0 Å². The second-order valence-corrected chi connectivity index (χ2v) is 6.67. The lowest BCUT2D eigenvalue weighted by atomic mass is 9.85. The summed E-state index contributed by atoms with van der Waals surface area (Å²) in [5.41, 5.74) is 0. The average molecular weight is 264 g/mol. The molecule has 3 heteroatoms. The maximum atomic E-state index is 12.4. The number of piperidine rings is 1. The highest BCUT2D eigenvalue weighted by atomic mass is 16.2. The van der Waals surface area contributed by atoms with Crippen LogP contribution in [0.3, 0.4) is 0 Å². The molecular weight excluding hydrogens is 236 g/mol. The number of nitrogens with zero attached hydrogens (tertiary/aromatic N) is 1. The van der Waals surface area contributed by atoms with Crippen molar-refractivity contribution in [1.29, 1.82) is 0 Å². The molecule has 3 fully saturated rings. The molecule has 1 saturated carbocycles. The third-order valence-electron chi connectivity index (χ3n) is 5.45. The number of amides is 1. The van der Waals surface area contributed by atoms with Gasteiger partial charge in [-0.3, -0.25) is 4.79 Å². The molecule has 1 amide bonds. The molecule has 2 heterocycles. The topological polar surface area (TPSA) is 32.3 Å². The van der Waals surface area contributed by atoms with E-state index < -0.39 is 0 Å². The van der Waals surface area contributed by atoms with Crippen LogP contribution < -0.4 is 5.32 Å². The van der Waals surface area contributed by atoms with Crippen molar-refractivity contribution in [2.24, 2.45) is 5.92 Å². The summed E-state index contributed by atoms with van der Waals surface area (Å²) in [4.78, 5) is 14.7. The molecule has 0 aromatic heterocycles.